The molecular formula is C16H17ClN4. The van der Waals surface area contributed by atoms with E-state index in [1.807, 2.05) is 32.9 Å². The van der Waals surface area contributed by atoms with Gasteiger partial charge >= 0.3 is 0 Å². The first-order chi connectivity index (χ1) is 9.88. The monoisotopic (exact) mass is 300 g/mol. The van der Waals surface area contributed by atoms with Gasteiger partial charge in [0.25, 0.3) is 0 Å². The van der Waals surface area contributed by atoms with E-state index < -0.39 is 0 Å². The molecule has 0 unspecified atom stereocenters. The van der Waals surface area contributed by atoms with Gasteiger partial charge in [-0.15, -0.1) is 0 Å². The Kier molecular flexibility index (Phi) is 4.44. The van der Waals surface area contributed by atoms with Crippen LogP contribution in [0.1, 0.15) is 37.7 Å². The fourth-order valence-corrected chi connectivity index (χ4v) is 1.92. The standard InChI is InChI=1S/C16H17ClN4/c1-16(2,3)15-20-13(17)8-14(21-15)19-10-12-6-4-11(9-18)5-7-12/h4-8H,10H2,1-3H3,(H,19,20,21). The summed E-state index contributed by atoms with van der Waals surface area (Å²) in [5, 5.41) is 12.4. The quantitative estimate of drug-likeness (QED) is 0.873. The molecular weight excluding hydrogens is 284 g/mol. The molecule has 4 nitrogen and oxygen atoms in total. The smallest absolute Gasteiger partial charge is 0.137 e. The number of rotatable bonds is 3. The highest BCUT2D eigenvalue weighted by Gasteiger charge is 2.18. The molecule has 0 aliphatic rings. The Balaban J connectivity index is 2.12. The van der Waals surface area contributed by atoms with Gasteiger partial charge in [-0.3, -0.25) is 0 Å². The molecule has 2 aromatic rings. The zero-order valence-electron chi connectivity index (χ0n) is 12.3. The maximum Gasteiger partial charge on any atom is 0.137 e. The first-order valence-electron chi connectivity index (χ1n) is 6.66. The van der Waals surface area contributed by atoms with E-state index in [4.69, 9.17) is 16.9 Å². The van der Waals surface area contributed by atoms with E-state index >= 15 is 0 Å². The van der Waals surface area contributed by atoms with Gasteiger partial charge in [-0.2, -0.15) is 5.26 Å². The van der Waals surface area contributed by atoms with Crippen LogP contribution >= 0.6 is 11.6 Å². The van der Waals surface area contributed by atoms with E-state index in [-0.39, 0.29) is 5.41 Å². The molecule has 0 amide bonds. The molecule has 5 heteroatoms. The molecule has 1 N–H and O–H groups in total. The maximum atomic E-state index is 8.78. The van der Waals surface area contributed by atoms with Crippen molar-refractivity contribution in [3.63, 3.8) is 0 Å². The van der Waals surface area contributed by atoms with Gasteiger partial charge in [0.2, 0.25) is 0 Å². The molecule has 0 aliphatic carbocycles. The van der Waals surface area contributed by atoms with Gasteiger partial charge in [-0.25, -0.2) is 9.97 Å². The van der Waals surface area contributed by atoms with Crippen molar-refractivity contribution in [3.8, 4) is 6.07 Å². The summed E-state index contributed by atoms with van der Waals surface area (Å²) in [6.07, 6.45) is 0. The first kappa shape index (κ1) is 15.3. The number of aromatic nitrogens is 2. The van der Waals surface area contributed by atoms with Gasteiger partial charge in [0, 0.05) is 18.0 Å². The lowest BCUT2D eigenvalue weighted by Crippen LogP contribution is -2.17. The number of nitriles is 1. The van der Waals surface area contributed by atoms with Gasteiger partial charge in [-0.05, 0) is 17.7 Å². The highest BCUT2D eigenvalue weighted by molar-refractivity contribution is 6.29. The molecule has 1 aromatic heterocycles. The highest BCUT2D eigenvalue weighted by atomic mass is 35.5. The molecule has 108 valence electrons. The zero-order valence-corrected chi connectivity index (χ0v) is 13.1. The zero-order chi connectivity index (χ0) is 15.5. The molecule has 21 heavy (non-hydrogen) atoms. The van der Waals surface area contributed by atoms with Gasteiger partial charge in [0.05, 0.1) is 11.6 Å². The third kappa shape index (κ3) is 4.17. The summed E-state index contributed by atoms with van der Waals surface area (Å²) in [6.45, 7) is 6.75. The predicted molar refractivity (Wildman–Crippen MR) is 84.2 cm³/mol. The van der Waals surface area contributed by atoms with Gasteiger partial charge in [-0.1, -0.05) is 44.5 Å². The number of nitrogens with zero attached hydrogens (tertiary/aromatic N) is 3. The average Bonchev–Trinajstić information content (AvgIpc) is 2.44. The van der Waals surface area contributed by atoms with Crippen molar-refractivity contribution in [1.29, 1.82) is 5.26 Å². The number of anilines is 1. The van der Waals surface area contributed by atoms with Crippen molar-refractivity contribution in [3.05, 3.63) is 52.4 Å². The fourth-order valence-electron chi connectivity index (χ4n) is 1.73. The molecule has 1 heterocycles. The van der Waals surface area contributed by atoms with Crippen LogP contribution in [-0.4, -0.2) is 9.97 Å². The van der Waals surface area contributed by atoms with Crippen LogP contribution in [0.15, 0.2) is 30.3 Å². The predicted octanol–water partition coefficient (Wildman–Crippen LogP) is 3.91. The Hall–Kier alpha value is -2.12. The third-order valence-corrected chi connectivity index (χ3v) is 3.12. The highest BCUT2D eigenvalue weighted by Crippen LogP contribution is 2.22. The molecule has 0 atom stereocenters. The van der Waals surface area contributed by atoms with Gasteiger partial charge in [0.15, 0.2) is 0 Å². The topological polar surface area (TPSA) is 61.6 Å². The molecule has 2 rings (SSSR count). The largest absolute Gasteiger partial charge is 0.366 e. The third-order valence-electron chi connectivity index (χ3n) is 2.92. The lowest BCUT2D eigenvalue weighted by molar-refractivity contribution is 0.546. The van der Waals surface area contributed by atoms with E-state index in [9.17, 15) is 0 Å². The van der Waals surface area contributed by atoms with Crippen molar-refractivity contribution in [2.24, 2.45) is 0 Å². The van der Waals surface area contributed by atoms with Crippen LogP contribution in [0.5, 0.6) is 0 Å². The number of hydrogen-bond donors (Lipinski definition) is 1. The summed E-state index contributed by atoms with van der Waals surface area (Å²) >= 11 is 6.05. The van der Waals surface area contributed by atoms with E-state index in [1.165, 1.54) is 0 Å². The van der Waals surface area contributed by atoms with Crippen LogP contribution in [0.2, 0.25) is 5.15 Å². The Bertz CT molecular complexity index is 666. The van der Waals surface area contributed by atoms with Crippen LogP contribution in [0.3, 0.4) is 0 Å². The summed E-state index contributed by atoms with van der Waals surface area (Å²) in [6, 6.07) is 11.2. The Morgan fingerprint density at radius 1 is 1.19 bits per heavy atom. The summed E-state index contributed by atoms with van der Waals surface area (Å²) in [5.41, 5.74) is 1.57. The molecule has 0 saturated carbocycles. The number of benzene rings is 1. The van der Waals surface area contributed by atoms with E-state index in [0.29, 0.717) is 28.9 Å². The number of hydrogen-bond acceptors (Lipinski definition) is 4. The molecule has 1 aromatic carbocycles. The van der Waals surface area contributed by atoms with E-state index in [1.54, 1.807) is 18.2 Å². The molecule has 0 saturated heterocycles. The molecule has 0 spiro atoms. The second-order valence-electron chi connectivity index (χ2n) is 5.81. The molecule has 0 radical (unpaired) electrons. The van der Waals surface area contributed by atoms with Crippen LogP contribution in [0.25, 0.3) is 0 Å². The SMILES string of the molecule is CC(C)(C)c1nc(Cl)cc(NCc2ccc(C#N)cc2)n1. The minimum absolute atomic E-state index is 0.157. The van der Waals surface area contributed by atoms with Crippen LogP contribution < -0.4 is 5.32 Å². The normalized spacial score (nSPS) is 11.0. The van der Waals surface area contributed by atoms with Crippen molar-refractivity contribution in [2.45, 2.75) is 32.7 Å². The summed E-state index contributed by atoms with van der Waals surface area (Å²) in [7, 11) is 0. The van der Waals surface area contributed by atoms with Crippen molar-refractivity contribution in [2.75, 3.05) is 5.32 Å². The summed E-state index contributed by atoms with van der Waals surface area (Å²) in [4.78, 5) is 8.76. The second-order valence-corrected chi connectivity index (χ2v) is 6.20. The van der Waals surface area contributed by atoms with E-state index in [0.717, 1.165) is 5.56 Å². The number of nitrogens with one attached hydrogen (secondary N) is 1. The van der Waals surface area contributed by atoms with Gasteiger partial charge < -0.3 is 5.32 Å². The Labute approximate surface area is 129 Å². The lowest BCUT2D eigenvalue weighted by Gasteiger charge is -2.17. The molecule has 0 fully saturated rings. The average molecular weight is 301 g/mol. The Morgan fingerprint density at radius 2 is 1.86 bits per heavy atom. The van der Waals surface area contributed by atoms with Crippen molar-refractivity contribution in [1.82, 2.24) is 9.97 Å². The Morgan fingerprint density at radius 3 is 2.43 bits per heavy atom. The minimum atomic E-state index is -0.157. The van der Waals surface area contributed by atoms with Crippen molar-refractivity contribution >= 4 is 17.4 Å². The summed E-state index contributed by atoms with van der Waals surface area (Å²) < 4.78 is 0. The van der Waals surface area contributed by atoms with Crippen LogP contribution in [0.4, 0.5) is 5.82 Å². The molecule has 0 bridgehead atoms. The van der Waals surface area contributed by atoms with Crippen LogP contribution in [0, 0.1) is 11.3 Å². The fraction of sp³-hybridized carbons (Fsp3) is 0.312. The molecule has 0 aliphatic heterocycles. The van der Waals surface area contributed by atoms with Gasteiger partial charge in [0.1, 0.15) is 16.8 Å². The maximum absolute atomic E-state index is 8.78. The lowest BCUT2D eigenvalue weighted by atomic mass is 9.96. The number of halogens is 1. The van der Waals surface area contributed by atoms with Crippen LogP contribution in [-0.2, 0) is 12.0 Å². The van der Waals surface area contributed by atoms with Crippen molar-refractivity contribution < 1.29 is 0 Å². The second kappa shape index (κ2) is 6.11. The van der Waals surface area contributed by atoms with E-state index in [2.05, 4.69) is 21.4 Å². The minimum Gasteiger partial charge on any atom is -0.366 e. The summed E-state index contributed by atoms with van der Waals surface area (Å²) in [5.74, 6) is 1.40. The first-order valence-corrected chi connectivity index (χ1v) is 7.04.